The van der Waals surface area contributed by atoms with Crippen LogP contribution in [0.4, 0.5) is 0 Å². The highest BCUT2D eigenvalue weighted by atomic mass is 32.1. The van der Waals surface area contributed by atoms with Gasteiger partial charge < -0.3 is 14.9 Å². The number of aliphatic carboxylic acids is 1. The Hall–Kier alpha value is -3.82. The monoisotopic (exact) mass is 502 g/mol. The Balaban J connectivity index is 1.68. The number of nitrogens with zero attached hydrogens (tertiary/aromatic N) is 4. The molecule has 2 atom stereocenters. The SMILES string of the molecule is COc1ccc(-c2ccc(C3=N[C@@H](C(C)C(=O)O)c4nnc(C)n4-c4sc(CO)c(C)c43)cc2)cc1. The summed E-state index contributed by atoms with van der Waals surface area (Å²) in [5, 5.41) is 29.3. The molecule has 1 aliphatic rings. The number of thiophene rings is 1. The van der Waals surface area contributed by atoms with Crippen molar-refractivity contribution in [3.05, 3.63) is 81.7 Å². The van der Waals surface area contributed by atoms with Gasteiger partial charge >= 0.3 is 5.97 Å². The smallest absolute Gasteiger partial charge is 0.308 e. The highest BCUT2D eigenvalue weighted by molar-refractivity contribution is 7.15. The minimum Gasteiger partial charge on any atom is -0.497 e. The van der Waals surface area contributed by atoms with Crippen LogP contribution in [0.3, 0.4) is 0 Å². The first-order chi connectivity index (χ1) is 17.3. The maximum Gasteiger partial charge on any atom is 0.308 e. The number of fused-ring (bicyclic) bond motifs is 3. The molecule has 1 aliphatic heterocycles. The molecule has 0 aliphatic carbocycles. The number of ether oxygens (including phenoxy) is 1. The number of carboxylic acids is 1. The molecule has 8 nitrogen and oxygen atoms in total. The second-order valence-corrected chi connectivity index (χ2v) is 9.87. The van der Waals surface area contributed by atoms with Crippen LogP contribution in [0.2, 0.25) is 0 Å². The minimum absolute atomic E-state index is 0.0986. The standard InChI is InChI=1S/C27H26N4O4S/c1-14-21(13-32)36-26-22(14)24(28-23(15(2)27(33)34)25-30-29-16(3)31(25)26)19-7-5-17(6-8-19)18-9-11-20(35-4)12-10-18/h5-12,15,23,32H,13H2,1-4H3,(H,33,34)/t15?,23-/m0/s1. The van der Waals surface area contributed by atoms with Crippen molar-refractivity contribution in [3.8, 4) is 21.9 Å². The van der Waals surface area contributed by atoms with Gasteiger partial charge in [-0.05, 0) is 49.6 Å². The van der Waals surface area contributed by atoms with E-state index in [2.05, 4.69) is 10.2 Å². The van der Waals surface area contributed by atoms with Crippen LogP contribution in [0.15, 0.2) is 53.5 Å². The van der Waals surface area contributed by atoms with E-state index < -0.39 is 17.9 Å². The summed E-state index contributed by atoms with van der Waals surface area (Å²) < 4.78 is 7.15. The quantitative estimate of drug-likeness (QED) is 0.395. The summed E-state index contributed by atoms with van der Waals surface area (Å²) in [7, 11) is 1.64. The topological polar surface area (TPSA) is 110 Å². The first kappa shape index (κ1) is 23.9. The summed E-state index contributed by atoms with van der Waals surface area (Å²) >= 11 is 1.45. The molecule has 2 aromatic carbocycles. The van der Waals surface area contributed by atoms with Gasteiger partial charge in [0.15, 0.2) is 5.82 Å². The van der Waals surface area contributed by atoms with E-state index in [1.807, 2.05) is 66.9 Å². The lowest BCUT2D eigenvalue weighted by Gasteiger charge is -2.16. The Kier molecular flexibility index (Phi) is 6.19. The Bertz CT molecular complexity index is 1470. The number of carbonyl (C=O) groups is 1. The first-order valence-corrected chi connectivity index (χ1v) is 12.4. The van der Waals surface area contributed by atoms with Crippen LogP contribution in [-0.4, -0.2) is 43.8 Å². The van der Waals surface area contributed by atoms with Gasteiger partial charge in [-0.2, -0.15) is 0 Å². The number of hydrogen-bond acceptors (Lipinski definition) is 7. The van der Waals surface area contributed by atoms with E-state index in [-0.39, 0.29) is 6.61 Å². The van der Waals surface area contributed by atoms with E-state index in [9.17, 15) is 15.0 Å². The van der Waals surface area contributed by atoms with Crippen molar-refractivity contribution in [3.63, 3.8) is 0 Å². The predicted octanol–water partition coefficient (Wildman–Crippen LogP) is 4.73. The number of aromatic nitrogens is 3. The molecule has 0 saturated carbocycles. The highest BCUT2D eigenvalue weighted by Gasteiger charge is 2.36. The lowest BCUT2D eigenvalue weighted by molar-refractivity contribution is -0.141. The molecule has 0 bridgehead atoms. The summed E-state index contributed by atoms with van der Waals surface area (Å²) in [6.07, 6.45) is 0. The molecule has 2 N–H and O–H groups in total. The summed E-state index contributed by atoms with van der Waals surface area (Å²) in [5.74, 6) is 0.157. The number of rotatable bonds is 6. The Morgan fingerprint density at radius 3 is 2.25 bits per heavy atom. The van der Waals surface area contributed by atoms with Crippen molar-refractivity contribution in [2.45, 2.75) is 33.4 Å². The fourth-order valence-corrected chi connectivity index (χ4v) is 5.73. The summed E-state index contributed by atoms with van der Waals surface area (Å²) in [5.41, 5.74) is 5.42. The normalized spacial score (nSPS) is 15.5. The molecular weight excluding hydrogens is 476 g/mol. The third-order valence-corrected chi connectivity index (χ3v) is 7.90. The van der Waals surface area contributed by atoms with Crippen LogP contribution in [0.5, 0.6) is 5.75 Å². The van der Waals surface area contributed by atoms with Gasteiger partial charge in [0.05, 0.1) is 25.3 Å². The average Bonchev–Trinajstić information content (AvgIpc) is 3.38. The number of aliphatic hydroxyl groups is 1. The highest BCUT2D eigenvalue weighted by Crippen LogP contribution is 2.41. The van der Waals surface area contributed by atoms with E-state index in [4.69, 9.17) is 9.73 Å². The molecule has 0 spiro atoms. The molecule has 0 saturated heterocycles. The van der Waals surface area contributed by atoms with E-state index >= 15 is 0 Å². The predicted molar refractivity (Wildman–Crippen MR) is 138 cm³/mol. The fraction of sp³-hybridized carbons (Fsp3) is 0.259. The van der Waals surface area contributed by atoms with Crippen LogP contribution in [-0.2, 0) is 11.4 Å². The van der Waals surface area contributed by atoms with E-state index in [0.29, 0.717) is 17.4 Å². The van der Waals surface area contributed by atoms with Gasteiger partial charge in [-0.15, -0.1) is 21.5 Å². The fourth-order valence-electron chi connectivity index (χ4n) is 4.51. The van der Waals surface area contributed by atoms with E-state index in [1.54, 1.807) is 14.0 Å². The maximum absolute atomic E-state index is 12.0. The molecule has 9 heteroatoms. The molecule has 2 aromatic heterocycles. The average molecular weight is 503 g/mol. The van der Waals surface area contributed by atoms with Gasteiger partial charge in [0.2, 0.25) is 0 Å². The summed E-state index contributed by atoms with van der Waals surface area (Å²) in [4.78, 5) is 17.9. The Morgan fingerprint density at radius 2 is 1.67 bits per heavy atom. The molecule has 5 rings (SSSR count). The van der Waals surface area contributed by atoms with Crippen LogP contribution in [0.25, 0.3) is 16.1 Å². The second-order valence-electron chi connectivity index (χ2n) is 8.78. The van der Waals surface area contributed by atoms with Crippen LogP contribution >= 0.6 is 11.3 Å². The van der Waals surface area contributed by atoms with Crippen molar-refractivity contribution >= 4 is 23.0 Å². The van der Waals surface area contributed by atoms with Gasteiger partial charge in [-0.1, -0.05) is 36.4 Å². The van der Waals surface area contributed by atoms with Gasteiger partial charge in [0.25, 0.3) is 0 Å². The number of hydrogen-bond donors (Lipinski definition) is 2. The lowest BCUT2D eigenvalue weighted by Crippen LogP contribution is -2.21. The molecule has 36 heavy (non-hydrogen) atoms. The largest absolute Gasteiger partial charge is 0.497 e. The zero-order valence-electron chi connectivity index (χ0n) is 20.4. The molecule has 1 unspecified atom stereocenters. The van der Waals surface area contributed by atoms with Crippen molar-refractivity contribution in [1.82, 2.24) is 14.8 Å². The van der Waals surface area contributed by atoms with E-state index in [0.717, 1.165) is 43.4 Å². The summed E-state index contributed by atoms with van der Waals surface area (Å²) in [6.45, 7) is 5.34. The van der Waals surface area contributed by atoms with Gasteiger partial charge in [0, 0.05) is 16.0 Å². The molecule has 0 amide bonds. The van der Waals surface area contributed by atoms with Gasteiger partial charge in [0.1, 0.15) is 22.6 Å². The summed E-state index contributed by atoms with van der Waals surface area (Å²) in [6, 6.07) is 15.2. The zero-order chi connectivity index (χ0) is 25.6. The van der Waals surface area contributed by atoms with Crippen molar-refractivity contribution in [1.29, 1.82) is 0 Å². The lowest BCUT2D eigenvalue weighted by atomic mass is 9.96. The number of methoxy groups -OCH3 is 1. The van der Waals surface area contributed by atoms with Crippen LogP contribution in [0.1, 0.15) is 46.2 Å². The van der Waals surface area contributed by atoms with Crippen molar-refractivity contribution < 1.29 is 19.7 Å². The molecular formula is C27H26N4O4S. The molecule has 3 heterocycles. The first-order valence-electron chi connectivity index (χ1n) is 11.5. The third kappa shape index (κ3) is 3.90. The minimum atomic E-state index is -0.955. The van der Waals surface area contributed by atoms with Gasteiger partial charge in [-0.3, -0.25) is 14.4 Å². The molecule has 0 fully saturated rings. The number of aryl methyl sites for hydroxylation is 1. The number of aliphatic imine (C=N–C) groups is 1. The maximum atomic E-state index is 12.0. The second kappa shape index (κ2) is 9.33. The Morgan fingerprint density at radius 1 is 1.06 bits per heavy atom. The van der Waals surface area contributed by atoms with Crippen LogP contribution in [0, 0.1) is 19.8 Å². The molecule has 184 valence electrons. The zero-order valence-corrected chi connectivity index (χ0v) is 21.2. The van der Waals surface area contributed by atoms with Crippen molar-refractivity contribution in [2.75, 3.05) is 7.11 Å². The van der Waals surface area contributed by atoms with Crippen molar-refractivity contribution in [2.24, 2.45) is 10.9 Å². The number of aliphatic hydroxyl groups excluding tert-OH is 1. The van der Waals surface area contributed by atoms with Gasteiger partial charge in [-0.25, -0.2) is 0 Å². The Labute approximate surface area is 212 Å². The molecule has 0 radical (unpaired) electrons. The van der Waals surface area contributed by atoms with Crippen LogP contribution < -0.4 is 4.74 Å². The third-order valence-electron chi connectivity index (χ3n) is 6.64. The molecule has 4 aromatic rings. The number of benzene rings is 2. The number of carboxylic acid groups (broad SMARTS) is 1. The van der Waals surface area contributed by atoms with E-state index in [1.165, 1.54) is 11.3 Å².